The Bertz CT molecular complexity index is 328. The second-order valence-corrected chi connectivity index (χ2v) is 3.32. The highest BCUT2D eigenvalue weighted by Crippen LogP contribution is 2.05. The quantitative estimate of drug-likeness (QED) is 0.579. The normalized spacial score (nSPS) is 12.4. The van der Waals surface area contributed by atoms with Gasteiger partial charge in [-0.3, -0.25) is 0 Å². The standard InChI is InChI=1S/C9H18N6O2/c1-3-4-6(16-2)17-5-12-9-14-7(10)13-8(11)15-9/h6H,3-5H2,1-2H3,(H5,10,11,12,13,14,15). The monoisotopic (exact) mass is 242 g/mol. The summed E-state index contributed by atoms with van der Waals surface area (Å²) in [4.78, 5) is 11.3. The first-order valence-electron chi connectivity index (χ1n) is 5.31. The summed E-state index contributed by atoms with van der Waals surface area (Å²) in [5.74, 6) is 0.412. The first-order chi connectivity index (χ1) is 8.15. The third kappa shape index (κ3) is 4.79. The van der Waals surface area contributed by atoms with Crippen molar-refractivity contribution < 1.29 is 9.47 Å². The second kappa shape index (κ2) is 6.81. The molecule has 1 rings (SSSR count). The highest BCUT2D eigenvalue weighted by Gasteiger charge is 2.06. The van der Waals surface area contributed by atoms with Gasteiger partial charge >= 0.3 is 0 Å². The van der Waals surface area contributed by atoms with Crippen molar-refractivity contribution in [3.63, 3.8) is 0 Å². The zero-order chi connectivity index (χ0) is 12.7. The fourth-order valence-electron chi connectivity index (χ4n) is 1.19. The molecule has 0 saturated carbocycles. The Morgan fingerprint density at radius 3 is 2.41 bits per heavy atom. The number of rotatable bonds is 7. The third-order valence-corrected chi connectivity index (χ3v) is 1.96. The molecule has 1 aromatic rings. The molecule has 0 aliphatic heterocycles. The van der Waals surface area contributed by atoms with Crippen LogP contribution in [0, 0.1) is 0 Å². The van der Waals surface area contributed by atoms with Crippen molar-refractivity contribution in [2.75, 3.05) is 30.6 Å². The minimum atomic E-state index is -0.246. The molecule has 0 aliphatic carbocycles. The molecular formula is C9H18N6O2. The van der Waals surface area contributed by atoms with Crippen LogP contribution in [-0.2, 0) is 9.47 Å². The summed E-state index contributed by atoms with van der Waals surface area (Å²) in [6, 6.07) is 0. The maximum atomic E-state index is 5.42. The molecule has 1 atom stereocenters. The Hall–Kier alpha value is -1.67. The highest BCUT2D eigenvalue weighted by atomic mass is 16.7. The van der Waals surface area contributed by atoms with E-state index in [9.17, 15) is 0 Å². The van der Waals surface area contributed by atoms with Gasteiger partial charge in [-0.05, 0) is 6.42 Å². The maximum Gasteiger partial charge on any atom is 0.231 e. The SMILES string of the molecule is CCCC(OC)OCNc1nc(N)nc(N)n1. The molecule has 96 valence electrons. The van der Waals surface area contributed by atoms with Crippen LogP contribution in [0.15, 0.2) is 0 Å². The molecule has 1 heterocycles. The number of nitrogens with one attached hydrogen (secondary N) is 1. The first-order valence-corrected chi connectivity index (χ1v) is 5.31. The van der Waals surface area contributed by atoms with E-state index in [0.29, 0.717) is 0 Å². The Morgan fingerprint density at radius 2 is 1.88 bits per heavy atom. The molecule has 17 heavy (non-hydrogen) atoms. The van der Waals surface area contributed by atoms with E-state index in [0.717, 1.165) is 12.8 Å². The Labute approximate surface area is 99.7 Å². The average molecular weight is 242 g/mol. The van der Waals surface area contributed by atoms with Crippen LogP contribution in [0.2, 0.25) is 0 Å². The van der Waals surface area contributed by atoms with Gasteiger partial charge in [0.25, 0.3) is 0 Å². The average Bonchev–Trinajstić information content (AvgIpc) is 2.26. The molecule has 5 N–H and O–H groups in total. The van der Waals surface area contributed by atoms with Crippen LogP contribution in [0.1, 0.15) is 19.8 Å². The maximum absolute atomic E-state index is 5.42. The van der Waals surface area contributed by atoms with Gasteiger partial charge in [0.05, 0.1) is 0 Å². The van der Waals surface area contributed by atoms with Crippen LogP contribution in [0.5, 0.6) is 0 Å². The van der Waals surface area contributed by atoms with Gasteiger partial charge in [-0.2, -0.15) is 15.0 Å². The first kappa shape index (κ1) is 13.4. The van der Waals surface area contributed by atoms with Gasteiger partial charge in [0.2, 0.25) is 17.8 Å². The van der Waals surface area contributed by atoms with Gasteiger partial charge in [0.15, 0.2) is 6.29 Å². The summed E-state index contributed by atoms with van der Waals surface area (Å²) in [5.41, 5.74) is 10.8. The molecule has 0 spiro atoms. The number of anilines is 3. The molecule has 0 saturated heterocycles. The highest BCUT2D eigenvalue weighted by molar-refractivity contribution is 5.36. The van der Waals surface area contributed by atoms with Crippen LogP contribution in [0.3, 0.4) is 0 Å². The van der Waals surface area contributed by atoms with E-state index in [-0.39, 0.29) is 30.9 Å². The van der Waals surface area contributed by atoms with Crippen LogP contribution < -0.4 is 16.8 Å². The number of methoxy groups -OCH3 is 1. The second-order valence-electron chi connectivity index (χ2n) is 3.32. The van der Waals surface area contributed by atoms with E-state index in [1.807, 2.05) is 0 Å². The van der Waals surface area contributed by atoms with Gasteiger partial charge in [-0.1, -0.05) is 13.3 Å². The fourth-order valence-corrected chi connectivity index (χ4v) is 1.19. The topological polar surface area (TPSA) is 121 Å². The van der Waals surface area contributed by atoms with Crippen molar-refractivity contribution in [3.05, 3.63) is 0 Å². The molecule has 1 unspecified atom stereocenters. The minimum absolute atomic E-state index is 0.0665. The zero-order valence-electron chi connectivity index (χ0n) is 10.0. The number of nitrogen functional groups attached to an aromatic ring is 2. The molecule has 0 radical (unpaired) electrons. The largest absolute Gasteiger partial charge is 0.368 e. The van der Waals surface area contributed by atoms with E-state index in [2.05, 4.69) is 27.2 Å². The lowest BCUT2D eigenvalue weighted by molar-refractivity contribution is -0.122. The van der Waals surface area contributed by atoms with Crippen LogP contribution in [0.4, 0.5) is 17.8 Å². The Kier molecular flexibility index (Phi) is 5.37. The van der Waals surface area contributed by atoms with Crippen molar-refractivity contribution in [3.8, 4) is 0 Å². The summed E-state index contributed by atoms with van der Waals surface area (Å²) in [5, 5.41) is 2.83. The summed E-state index contributed by atoms with van der Waals surface area (Å²) in [7, 11) is 1.60. The van der Waals surface area contributed by atoms with Crippen molar-refractivity contribution in [2.45, 2.75) is 26.1 Å². The number of nitrogens with two attached hydrogens (primary N) is 2. The molecule has 8 nitrogen and oxygen atoms in total. The summed E-state index contributed by atoms with van der Waals surface area (Å²) >= 11 is 0. The molecule has 8 heteroatoms. The molecule has 0 bridgehead atoms. The van der Waals surface area contributed by atoms with E-state index in [1.165, 1.54) is 0 Å². The number of hydrogen-bond acceptors (Lipinski definition) is 8. The van der Waals surface area contributed by atoms with E-state index >= 15 is 0 Å². The van der Waals surface area contributed by atoms with Crippen LogP contribution in [0.25, 0.3) is 0 Å². The Morgan fingerprint density at radius 1 is 1.24 bits per heavy atom. The summed E-state index contributed by atoms with van der Waals surface area (Å²) in [6.45, 7) is 2.26. The van der Waals surface area contributed by atoms with Gasteiger partial charge in [-0.15, -0.1) is 0 Å². The predicted octanol–water partition coefficient (Wildman–Crippen LogP) is 0.195. The van der Waals surface area contributed by atoms with Crippen molar-refractivity contribution in [1.82, 2.24) is 15.0 Å². The van der Waals surface area contributed by atoms with Crippen molar-refractivity contribution in [2.24, 2.45) is 0 Å². The number of nitrogens with zero attached hydrogens (tertiary/aromatic N) is 3. The van der Waals surface area contributed by atoms with Crippen LogP contribution in [-0.4, -0.2) is 35.1 Å². The molecule has 0 aliphatic rings. The summed E-state index contributed by atoms with van der Waals surface area (Å²) < 4.78 is 10.5. The summed E-state index contributed by atoms with van der Waals surface area (Å²) in [6.07, 6.45) is 1.55. The van der Waals surface area contributed by atoms with E-state index in [1.54, 1.807) is 7.11 Å². The lowest BCUT2D eigenvalue weighted by atomic mass is 10.3. The van der Waals surface area contributed by atoms with Crippen LogP contribution >= 0.6 is 0 Å². The minimum Gasteiger partial charge on any atom is -0.368 e. The number of hydrogen-bond donors (Lipinski definition) is 3. The van der Waals surface area contributed by atoms with Gasteiger partial charge in [-0.25, -0.2) is 0 Å². The van der Waals surface area contributed by atoms with Gasteiger partial charge in [0, 0.05) is 7.11 Å². The molecule has 0 aromatic carbocycles. The predicted molar refractivity (Wildman–Crippen MR) is 63.9 cm³/mol. The molecule has 0 fully saturated rings. The van der Waals surface area contributed by atoms with Gasteiger partial charge < -0.3 is 26.3 Å². The van der Waals surface area contributed by atoms with E-state index in [4.69, 9.17) is 20.9 Å². The van der Waals surface area contributed by atoms with Crippen molar-refractivity contribution >= 4 is 17.8 Å². The van der Waals surface area contributed by atoms with Gasteiger partial charge in [0.1, 0.15) is 6.73 Å². The molecular weight excluding hydrogens is 224 g/mol. The van der Waals surface area contributed by atoms with E-state index < -0.39 is 0 Å². The zero-order valence-corrected chi connectivity index (χ0v) is 10.0. The lowest BCUT2D eigenvalue weighted by Gasteiger charge is -2.15. The molecule has 1 aromatic heterocycles. The fraction of sp³-hybridized carbons (Fsp3) is 0.667. The number of ether oxygens (including phenoxy) is 2. The number of aromatic nitrogens is 3. The van der Waals surface area contributed by atoms with Crippen molar-refractivity contribution in [1.29, 1.82) is 0 Å². The Balaban J connectivity index is 2.39. The molecule has 0 amide bonds. The lowest BCUT2D eigenvalue weighted by Crippen LogP contribution is -2.20. The third-order valence-electron chi connectivity index (χ3n) is 1.96. The smallest absolute Gasteiger partial charge is 0.231 e.